The summed E-state index contributed by atoms with van der Waals surface area (Å²) in [5.41, 5.74) is 3.53. The summed E-state index contributed by atoms with van der Waals surface area (Å²) in [5, 5.41) is 3.08. The van der Waals surface area contributed by atoms with E-state index in [1.165, 1.54) is 0 Å². The Hall–Kier alpha value is -3.22. The molecule has 132 valence electrons. The van der Waals surface area contributed by atoms with Gasteiger partial charge in [-0.3, -0.25) is 10.1 Å². The smallest absolute Gasteiger partial charge is 0.304 e. The summed E-state index contributed by atoms with van der Waals surface area (Å²) >= 11 is 0. The number of unbranched alkanes of at least 4 members (excludes halogenated alkanes) is 1. The molecule has 0 unspecified atom stereocenters. The Labute approximate surface area is 150 Å². The average molecular weight is 349 g/mol. The highest BCUT2D eigenvalue weighted by Gasteiger charge is 2.14. The quantitative estimate of drug-likeness (QED) is 0.524. The number of pyridine rings is 1. The number of carbonyl (C=O) groups is 1. The van der Waals surface area contributed by atoms with Crippen molar-refractivity contribution in [3.05, 3.63) is 42.1 Å². The lowest BCUT2D eigenvalue weighted by atomic mass is 10.1. The summed E-state index contributed by atoms with van der Waals surface area (Å²) in [6, 6.07) is 9.58. The Morgan fingerprint density at radius 1 is 1.23 bits per heavy atom. The summed E-state index contributed by atoms with van der Waals surface area (Å²) < 4.78 is 7.49. The average Bonchev–Trinajstić information content (AvgIpc) is 3.20. The van der Waals surface area contributed by atoms with Crippen molar-refractivity contribution in [2.24, 2.45) is 7.05 Å². The third kappa shape index (κ3) is 2.92. The second-order valence-corrected chi connectivity index (χ2v) is 6.20. The van der Waals surface area contributed by atoms with E-state index >= 15 is 0 Å². The minimum Gasteiger partial charge on any atom is -0.404 e. The normalized spacial score (nSPS) is 11.3. The van der Waals surface area contributed by atoms with Gasteiger partial charge < -0.3 is 8.98 Å². The topological polar surface area (TPSA) is 85.8 Å². The molecule has 0 atom stereocenters. The molecule has 3 heterocycles. The third-order valence-corrected chi connectivity index (χ3v) is 4.35. The standard InChI is InChI=1S/C19H19N5O2/c1-3-4-7-16(25)12-8-9-15-14(11-12)21-18(24(15)2)23-19-22-13-6-5-10-20-17(13)26-19/h5-6,8-11H,3-4,7H2,1-2H3,(H,21,22,23). The van der Waals surface area contributed by atoms with Gasteiger partial charge in [0.1, 0.15) is 5.52 Å². The second-order valence-electron chi connectivity index (χ2n) is 6.20. The molecule has 7 nitrogen and oxygen atoms in total. The maximum atomic E-state index is 12.2. The Kier molecular flexibility index (Phi) is 4.12. The Morgan fingerprint density at radius 3 is 2.92 bits per heavy atom. The lowest BCUT2D eigenvalue weighted by molar-refractivity contribution is 0.0980. The Morgan fingerprint density at radius 2 is 2.12 bits per heavy atom. The van der Waals surface area contributed by atoms with E-state index in [0.29, 0.717) is 35.2 Å². The highest BCUT2D eigenvalue weighted by atomic mass is 16.4. The molecule has 26 heavy (non-hydrogen) atoms. The number of aryl methyl sites for hydroxylation is 1. The Balaban J connectivity index is 1.65. The summed E-state index contributed by atoms with van der Waals surface area (Å²) in [5.74, 6) is 0.739. The van der Waals surface area contributed by atoms with E-state index in [4.69, 9.17) is 4.42 Å². The lowest BCUT2D eigenvalue weighted by Crippen LogP contribution is -1.99. The van der Waals surface area contributed by atoms with Crippen LogP contribution < -0.4 is 5.32 Å². The molecule has 0 saturated heterocycles. The molecule has 0 aliphatic carbocycles. The predicted molar refractivity (Wildman–Crippen MR) is 99.7 cm³/mol. The molecular weight excluding hydrogens is 330 g/mol. The number of Topliss-reactive ketones (excluding diaryl/α,β-unsaturated/α-hetero) is 1. The zero-order chi connectivity index (χ0) is 18.1. The molecule has 0 fully saturated rings. The van der Waals surface area contributed by atoms with Crippen molar-refractivity contribution in [1.82, 2.24) is 19.5 Å². The van der Waals surface area contributed by atoms with Crippen molar-refractivity contribution in [3.63, 3.8) is 0 Å². The van der Waals surface area contributed by atoms with Crippen molar-refractivity contribution in [2.75, 3.05) is 5.32 Å². The van der Waals surface area contributed by atoms with Crippen LogP contribution in [0.15, 0.2) is 40.9 Å². The van der Waals surface area contributed by atoms with Crippen LogP contribution in [0.5, 0.6) is 0 Å². The molecule has 3 aromatic heterocycles. The monoisotopic (exact) mass is 349 g/mol. The molecule has 4 aromatic rings. The zero-order valence-electron chi connectivity index (χ0n) is 14.7. The molecule has 0 saturated carbocycles. The van der Waals surface area contributed by atoms with Gasteiger partial charge in [-0.05, 0) is 36.8 Å². The first-order chi connectivity index (χ1) is 12.7. The van der Waals surface area contributed by atoms with Crippen LogP contribution in [0.4, 0.5) is 12.0 Å². The van der Waals surface area contributed by atoms with E-state index in [1.807, 2.05) is 35.9 Å². The third-order valence-electron chi connectivity index (χ3n) is 4.35. The van der Waals surface area contributed by atoms with Gasteiger partial charge in [-0.1, -0.05) is 13.3 Å². The van der Waals surface area contributed by atoms with E-state index < -0.39 is 0 Å². The van der Waals surface area contributed by atoms with E-state index in [9.17, 15) is 4.79 Å². The fourth-order valence-corrected chi connectivity index (χ4v) is 2.89. The number of nitrogens with one attached hydrogen (secondary N) is 1. The highest BCUT2D eigenvalue weighted by Crippen LogP contribution is 2.24. The number of nitrogens with zero attached hydrogens (tertiary/aromatic N) is 4. The van der Waals surface area contributed by atoms with Crippen molar-refractivity contribution in [1.29, 1.82) is 0 Å². The lowest BCUT2D eigenvalue weighted by Gasteiger charge is -2.02. The maximum Gasteiger partial charge on any atom is 0.304 e. The molecule has 0 radical (unpaired) electrons. The van der Waals surface area contributed by atoms with Crippen molar-refractivity contribution in [2.45, 2.75) is 26.2 Å². The SMILES string of the molecule is CCCCC(=O)c1ccc2c(c1)nc(Nc1nc3cccnc3o1)n2C. The first-order valence-corrected chi connectivity index (χ1v) is 8.64. The van der Waals surface area contributed by atoms with Gasteiger partial charge in [0.05, 0.1) is 11.0 Å². The van der Waals surface area contributed by atoms with Gasteiger partial charge in [0, 0.05) is 25.2 Å². The maximum absolute atomic E-state index is 12.2. The zero-order valence-corrected chi connectivity index (χ0v) is 14.7. The highest BCUT2D eigenvalue weighted by molar-refractivity contribution is 5.99. The van der Waals surface area contributed by atoms with E-state index in [1.54, 1.807) is 12.3 Å². The number of hydrogen-bond donors (Lipinski definition) is 1. The first-order valence-electron chi connectivity index (χ1n) is 8.64. The molecule has 0 amide bonds. The van der Waals surface area contributed by atoms with Crippen LogP contribution in [0.3, 0.4) is 0 Å². The number of anilines is 2. The fourth-order valence-electron chi connectivity index (χ4n) is 2.89. The number of fused-ring (bicyclic) bond motifs is 2. The van der Waals surface area contributed by atoms with Gasteiger partial charge in [0.25, 0.3) is 0 Å². The number of oxazole rings is 1. The number of ketones is 1. The fraction of sp³-hybridized carbons (Fsp3) is 0.263. The minimum atomic E-state index is 0.152. The minimum absolute atomic E-state index is 0.152. The van der Waals surface area contributed by atoms with Crippen LogP contribution in [0.2, 0.25) is 0 Å². The van der Waals surface area contributed by atoms with Crippen LogP contribution in [-0.4, -0.2) is 25.3 Å². The molecule has 0 spiro atoms. The van der Waals surface area contributed by atoms with Crippen LogP contribution in [0.1, 0.15) is 36.5 Å². The van der Waals surface area contributed by atoms with Crippen LogP contribution in [0.25, 0.3) is 22.3 Å². The van der Waals surface area contributed by atoms with Gasteiger partial charge in [0.15, 0.2) is 5.78 Å². The van der Waals surface area contributed by atoms with Gasteiger partial charge in [-0.2, -0.15) is 4.98 Å². The summed E-state index contributed by atoms with van der Waals surface area (Å²) in [7, 11) is 1.90. The number of aromatic nitrogens is 4. The van der Waals surface area contributed by atoms with Crippen LogP contribution in [-0.2, 0) is 7.05 Å². The molecule has 0 aliphatic rings. The van der Waals surface area contributed by atoms with E-state index in [2.05, 4.69) is 27.2 Å². The van der Waals surface area contributed by atoms with Gasteiger partial charge in [-0.25, -0.2) is 9.97 Å². The van der Waals surface area contributed by atoms with Gasteiger partial charge in [0.2, 0.25) is 11.7 Å². The van der Waals surface area contributed by atoms with Crippen molar-refractivity contribution >= 4 is 40.0 Å². The molecule has 7 heteroatoms. The van der Waals surface area contributed by atoms with Gasteiger partial charge in [-0.15, -0.1) is 0 Å². The summed E-state index contributed by atoms with van der Waals surface area (Å²) in [4.78, 5) is 25.3. The molecule has 4 rings (SSSR count). The summed E-state index contributed by atoms with van der Waals surface area (Å²) in [6.45, 7) is 2.08. The van der Waals surface area contributed by atoms with Crippen molar-refractivity contribution in [3.8, 4) is 0 Å². The number of rotatable bonds is 6. The first kappa shape index (κ1) is 16.3. The number of carbonyl (C=O) groups excluding carboxylic acids is 1. The second kappa shape index (κ2) is 6.59. The predicted octanol–water partition coefficient (Wildman–Crippen LogP) is 4.23. The van der Waals surface area contributed by atoms with E-state index in [0.717, 1.165) is 23.9 Å². The number of imidazole rings is 1. The molecule has 1 N–H and O–H groups in total. The molecular formula is C19H19N5O2. The molecule has 0 aliphatic heterocycles. The largest absolute Gasteiger partial charge is 0.404 e. The number of hydrogen-bond acceptors (Lipinski definition) is 6. The number of benzene rings is 1. The summed E-state index contributed by atoms with van der Waals surface area (Å²) in [6.07, 6.45) is 4.13. The molecule has 0 bridgehead atoms. The Bertz CT molecular complexity index is 1060. The van der Waals surface area contributed by atoms with E-state index in [-0.39, 0.29) is 5.78 Å². The van der Waals surface area contributed by atoms with Crippen molar-refractivity contribution < 1.29 is 9.21 Å². The molecule has 1 aromatic carbocycles. The van der Waals surface area contributed by atoms with Crippen LogP contribution in [0, 0.1) is 0 Å². The van der Waals surface area contributed by atoms with Crippen LogP contribution >= 0.6 is 0 Å². The van der Waals surface area contributed by atoms with Gasteiger partial charge >= 0.3 is 6.01 Å².